The zero-order valence-electron chi connectivity index (χ0n) is 13.2. The van der Waals surface area contributed by atoms with E-state index in [1.54, 1.807) is 7.11 Å². The van der Waals surface area contributed by atoms with Crippen LogP contribution in [0.2, 0.25) is 0 Å². The molecule has 1 aromatic heterocycles. The van der Waals surface area contributed by atoms with Gasteiger partial charge in [0.25, 0.3) is 5.91 Å². The second-order valence-corrected chi connectivity index (χ2v) is 6.23. The first-order valence-corrected chi connectivity index (χ1v) is 8.07. The molecule has 2 atom stereocenters. The highest BCUT2D eigenvalue weighted by molar-refractivity contribution is 5.96. The van der Waals surface area contributed by atoms with E-state index in [9.17, 15) is 4.79 Å². The van der Waals surface area contributed by atoms with Crippen molar-refractivity contribution < 1.29 is 9.53 Å². The van der Waals surface area contributed by atoms with Gasteiger partial charge in [-0.1, -0.05) is 12.1 Å². The first-order valence-electron chi connectivity index (χ1n) is 8.07. The summed E-state index contributed by atoms with van der Waals surface area (Å²) in [5.74, 6) is 0.801. The van der Waals surface area contributed by atoms with Gasteiger partial charge >= 0.3 is 0 Å². The second kappa shape index (κ2) is 5.77. The number of fused-ring (bicyclic) bond motifs is 1. The number of amides is 1. The summed E-state index contributed by atoms with van der Waals surface area (Å²) in [5, 5.41) is 6.83. The third-order valence-electron chi connectivity index (χ3n) is 4.98. The van der Waals surface area contributed by atoms with Crippen LogP contribution in [-0.2, 0) is 17.6 Å². The average molecular weight is 312 g/mol. The summed E-state index contributed by atoms with van der Waals surface area (Å²) < 4.78 is 5.49. The van der Waals surface area contributed by atoms with Gasteiger partial charge in [0.2, 0.25) is 0 Å². The number of nitrogens with one attached hydrogen (secondary N) is 1. The Bertz CT molecular complexity index is 713. The summed E-state index contributed by atoms with van der Waals surface area (Å²) in [6.45, 7) is 0.588. The van der Waals surface area contributed by atoms with Crippen molar-refractivity contribution in [1.82, 2.24) is 20.1 Å². The van der Waals surface area contributed by atoms with Gasteiger partial charge in [-0.3, -0.25) is 9.89 Å². The number of carbonyl (C=O) groups excluding carboxylic acids is 1. The number of aryl methyl sites for hydroxylation is 1. The number of rotatable bonds is 3. The highest BCUT2D eigenvalue weighted by atomic mass is 16.5. The molecule has 0 bridgehead atoms. The maximum absolute atomic E-state index is 13.2. The Labute approximate surface area is 134 Å². The maximum Gasteiger partial charge on any atom is 0.254 e. The zero-order chi connectivity index (χ0) is 15.8. The number of methoxy groups -OCH3 is 1. The smallest absolute Gasteiger partial charge is 0.254 e. The highest BCUT2D eigenvalue weighted by Gasteiger charge is 2.39. The molecule has 23 heavy (non-hydrogen) atoms. The SMILES string of the molecule is CO[C@@H]1C[C@@H](c2ncn[nH]2)N(C(=O)c2cccc3c2CCC3)C1. The number of ether oxygens (including phenoxy) is 1. The molecule has 1 aromatic carbocycles. The quantitative estimate of drug-likeness (QED) is 0.939. The lowest BCUT2D eigenvalue weighted by Gasteiger charge is -2.24. The van der Waals surface area contributed by atoms with E-state index in [0.717, 1.165) is 37.1 Å². The van der Waals surface area contributed by atoms with Crippen molar-refractivity contribution >= 4 is 5.91 Å². The molecule has 2 aromatic rings. The van der Waals surface area contributed by atoms with Crippen molar-refractivity contribution in [1.29, 1.82) is 0 Å². The molecule has 1 aliphatic heterocycles. The van der Waals surface area contributed by atoms with E-state index >= 15 is 0 Å². The normalized spacial score (nSPS) is 23.3. The Kier molecular flexibility index (Phi) is 3.61. The first kappa shape index (κ1) is 14.4. The topological polar surface area (TPSA) is 71.1 Å². The number of likely N-dealkylation sites (tertiary alicyclic amines) is 1. The Morgan fingerprint density at radius 2 is 2.30 bits per heavy atom. The van der Waals surface area contributed by atoms with Crippen molar-refractivity contribution in [3.63, 3.8) is 0 Å². The van der Waals surface area contributed by atoms with Crippen molar-refractivity contribution in [3.05, 3.63) is 47.0 Å². The molecule has 120 valence electrons. The number of hydrogen-bond donors (Lipinski definition) is 1. The average Bonchev–Trinajstić information content (AvgIpc) is 3.31. The number of aromatic amines is 1. The third-order valence-corrected chi connectivity index (χ3v) is 4.98. The van der Waals surface area contributed by atoms with Crippen LogP contribution in [0.3, 0.4) is 0 Å². The molecule has 0 saturated carbocycles. The molecular weight excluding hydrogens is 292 g/mol. The summed E-state index contributed by atoms with van der Waals surface area (Å²) in [4.78, 5) is 19.3. The van der Waals surface area contributed by atoms with E-state index in [1.807, 2.05) is 17.0 Å². The largest absolute Gasteiger partial charge is 0.380 e. The second-order valence-electron chi connectivity index (χ2n) is 6.23. The molecule has 0 spiro atoms. The summed E-state index contributed by atoms with van der Waals surface area (Å²) in [6, 6.07) is 5.97. The van der Waals surface area contributed by atoms with E-state index in [1.165, 1.54) is 17.5 Å². The van der Waals surface area contributed by atoms with Gasteiger partial charge < -0.3 is 9.64 Å². The van der Waals surface area contributed by atoms with E-state index in [4.69, 9.17) is 4.74 Å². The summed E-state index contributed by atoms with van der Waals surface area (Å²) >= 11 is 0. The number of carbonyl (C=O) groups is 1. The molecule has 1 fully saturated rings. The third kappa shape index (κ3) is 2.43. The molecule has 2 aliphatic rings. The van der Waals surface area contributed by atoms with Crippen molar-refractivity contribution in [2.45, 2.75) is 37.8 Å². The van der Waals surface area contributed by atoms with Crippen LogP contribution >= 0.6 is 0 Å². The minimum absolute atomic E-state index is 0.0332. The molecule has 0 unspecified atom stereocenters. The van der Waals surface area contributed by atoms with Crippen LogP contribution in [-0.4, -0.2) is 45.7 Å². The number of benzene rings is 1. The van der Waals surface area contributed by atoms with Crippen molar-refractivity contribution in [3.8, 4) is 0 Å². The van der Waals surface area contributed by atoms with E-state index in [-0.39, 0.29) is 18.1 Å². The van der Waals surface area contributed by atoms with E-state index < -0.39 is 0 Å². The number of aromatic nitrogens is 3. The Hall–Kier alpha value is -2.21. The lowest BCUT2D eigenvalue weighted by Crippen LogP contribution is -2.33. The Morgan fingerprint density at radius 3 is 3.09 bits per heavy atom. The van der Waals surface area contributed by atoms with Gasteiger partial charge in [-0.25, -0.2) is 4.98 Å². The molecule has 1 aliphatic carbocycles. The first-order chi connectivity index (χ1) is 11.3. The summed E-state index contributed by atoms with van der Waals surface area (Å²) in [7, 11) is 1.69. The standard InChI is InChI=1S/C17H20N4O2/c1-23-12-8-15(16-18-10-19-20-16)21(9-12)17(22)14-7-3-5-11-4-2-6-13(11)14/h3,5,7,10,12,15H,2,4,6,8-9H2,1H3,(H,18,19,20)/t12-,15+/m1/s1. The van der Waals surface area contributed by atoms with E-state index in [2.05, 4.69) is 21.2 Å². The van der Waals surface area contributed by atoms with Crippen LogP contribution in [0.15, 0.2) is 24.5 Å². The minimum Gasteiger partial charge on any atom is -0.380 e. The van der Waals surface area contributed by atoms with Gasteiger partial charge in [0.05, 0.1) is 12.1 Å². The fourth-order valence-corrected chi connectivity index (χ4v) is 3.80. The lowest BCUT2D eigenvalue weighted by molar-refractivity contribution is 0.0683. The van der Waals surface area contributed by atoms with Crippen molar-refractivity contribution in [2.24, 2.45) is 0 Å². The molecule has 6 nitrogen and oxygen atoms in total. The predicted octanol–water partition coefficient (Wildman–Crippen LogP) is 1.90. The number of nitrogens with zero attached hydrogens (tertiary/aromatic N) is 3. The Morgan fingerprint density at radius 1 is 1.39 bits per heavy atom. The monoisotopic (exact) mass is 312 g/mol. The van der Waals surface area contributed by atoms with Crippen LogP contribution in [0.4, 0.5) is 0 Å². The van der Waals surface area contributed by atoms with Crippen LogP contribution in [0.5, 0.6) is 0 Å². The van der Waals surface area contributed by atoms with Gasteiger partial charge in [-0.05, 0) is 36.5 Å². The molecule has 4 rings (SSSR count). The Balaban J connectivity index is 1.68. The van der Waals surface area contributed by atoms with Crippen LogP contribution in [0.25, 0.3) is 0 Å². The molecule has 6 heteroatoms. The summed E-state index contributed by atoms with van der Waals surface area (Å²) in [6.07, 6.45) is 5.45. The van der Waals surface area contributed by atoms with Crippen LogP contribution in [0.1, 0.15) is 46.2 Å². The fraction of sp³-hybridized carbons (Fsp3) is 0.471. The lowest BCUT2D eigenvalue weighted by atomic mass is 10.0. The van der Waals surface area contributed by atoms with Crippen LogP contribution < -0.4 is 0 Å². The number of hydrogen-bond acceptors (Lipinski definition) is 4. The maximum atomic E-state index is 13.2. The zero-order valence-corrected chi connectivity index (χ0v) is 13.2. The van der Waals surface area contributed by atoms with Gasteiger partial charge in [0.15, 0.2) is 0 Å². The molecule has 1 saturated heterocycles. The summed E-state index contributed by atoms with van der Waals surface area (Å²) in [5.41, 5.74) is 3.37. The van der Waals surface area contributed by atoms with Gasteiger partial charge in [0.1, 0.15) is 12.2 Å². The van der Waals surface area contributed by atoms with Gasteiger partial charge in [0, 0.05) is 25.6 Å². The molecule has 1 N–H and O–H groups in total. The van der Waals surface area contributed by atoms with Gasteiger partial charge in [-0.15, -0.1) is 0 Å². The molecular formula is C17H20N4O2. The highest BCUT2D eigenvalue weighted by Crippen LogP contribution is 2.34. The molecule has 1 amide bonds. The molecule has 2 heterocycles. The minimum atomic E-state index is -0.104. The molecule has 0 radical (unpaired) electrons. The van der Waals surface area contributed by atoms with Gasteiger partial charge in [-0.2, -0.15) is 5.10 Å². The van der Waals surface area contributed by atoms with Crippen LogP contribution in [0, 0.1) is 0 Å². The van der Waals surface area contributed by atoms with E-state index in [0.29, 0.717) is 6.54 Å². The number of H-pyrrole nitrogens is 1. The predicted molar refractivity (Wildman–Crippen MR) is 84.0 cm³/mol. The van der Waals surface area contributed by atoms with Crippen molar-refractivity contribution in [2.75, 3.05) is 13.7 Å². The fourth-order valence-electron chi connectivity index (χ4n) is 3.80.